The van der Waals surface area contributed by atoms with Crippen LogP contribution in [0.5, 0.6) is 0 Å². The fourth-order valence-electron chi connectivity index (χ4n) is 3.86. The van der Waals surface area contributed by atoms with Crippen LogP contribution in [-0.4, -0.2) is 52.5 Å². The lowest BCUT2D eigenvalue weighted by Crippen LogP contribution is -2.47. The van der Waals surface area contributed by atoms with Gasteiger partial charge in [0.2, 0.25) is 0 Å². The van der Waals surface area contributed by atoms with E-state index in [-0.39, 0.29) is 24.6 Å². The number of rotatable bonds is 3. The molecule has 2 aliphatic rings. The van der Waals surface area contributed by atoms with Gasteiger partial charge in [0, 0.05) is 33.2 Å². The highest BCUT2D eigenvalue weighted by atomic mass is 32.1. The summed E-state index contributed by atoms with van der Waals surface area (Å²) in [7, 11) is 3.70. The molecule has 4 rings (SSSR count). The number of fused-ring (bicyclic) bond motifs is 1. The second-order valence-corrected chi connectivity index (χ2v) is 8.11. The van der Waals surface area contributed by atoms with Gasteiger partial charge in [-0.25, -0.2) is 4.79 Å². The van der Waals surface area contributed by atoms with Gasteiger partial charge in [-0.05, 0) is 18.4 Å². The Hall–Kier alpha value is -2.61. The van der Waals surface area contributed by atoms with Crippen molar-refractivity contribution in [3.63, 3.8) is 0 Å². The summed E-state index contributed by atoms with van der Waals surface area (Å²) in [5.41, 5.74) is 2.02. The molecule has 0 unspecified atom stereocenters. The molecule has 2 aliphatic heterocycles. The van der Waals surface area contributed by atoms with Gasteiger partial charge in [0.05, 0.1) is 12.2 Å². The summed E-state index contributed by atoms with van der Waals surface area (Å²) < 4.78 is 7.43. The van der Waals surface area contributed by atoms with E-state index in [1.165, 1.54) is 11.3 Å². The monoisotopic (exact) mass is 400 g/mol. The summed E-state index contributed by atoms with van der Waals surface area (Å²) in [6, 6.07) is 9.83. The van der Waals surface area contributed by atoms with Crippen molar-refractivity contribution in [3.8, 4) is 0 Å². The van der Waals surface area contributed by atoms with E-state index in [0.29, 0.717) is 19.6 Å². The van der Waals surface area contributed by atoms with Crippen molar-refractivity contribution in [1.82, 2.24) is 14.4 Å². The van der Waals surface area contributed by atoms with Crippen LogP contribution >= 0.6 is 11.3 Å². The molecule has 0 N–H and O–H groups in total. The van der Waals surface area contributed by atoms with Crippen molar-refractivity contribution in [2.24, 2.45) is 12.0 Å². The highest BCUT2D eigenvalue weighted by Gasteiger charge is 2.38. The van der Waals surface area contributed by atoms with Gasteiger partial charge in [0.15, 0.2) is 4.80 Å². The molecule has 1 saturated heterocycles. The molecule has 0 radical (unpaired) electrons. The fraction of sp³-hybridized carbons (Fsp3) is 0.450. The Balaban J connectivity index is 1.32. The predicted octanol–water partition coefficient (Wildman–Crippen LogP) is 2.37. The average Bonchev–Trinajstić information content (AvgIpc) is 3.23. The van der Waals surface area contributed by atoms with Gasteiger partial charge in [-0.1, -0.05) is 41.7 Å². The Labute approximate surface area is 167 Å². The first-order valence-corrected chi connectivity index (χ1v) is 10.3. The van der Waals surface area contributed by atoms with Crippen LogP contribution in [0.4, 0.5) is 4.79 Å². The molecule has 1 aromatic heterocycles. The fourth-order valence-corrected chi connectivity index (χ4v) is 4.90. The molecule has 2 aromatic rings. The first kappa shape index (κ1) is 18.7. The summed E-state index contributed by atoms with van der Waals surface area (Å²) >= 11 is 1.45. The number of piperidine rings is 1. The largest absolute Gasteiger partial charge is 0.445 e. The van der Waals surface area contributed by atoms with Crippen molar-refractivity contribution >= 4 is 23.3 Å². The first-order valence-electron chi connectivity index (χ1n) is 9.46. The number of likely N-dealkylation sites (tertiary alicyclic amines) is 1. The van der Waals surface area contributed by atoms with Gasteiger partial charge in [-0.2, -0.15) is 0 Å². The molecule has 8 heteroatoms. The third-order valence-electron chi connectivity index (χ3n) is 5.48. The molecular weight excluding hydrogens is 376 g/mol. The van der Waals surface area contributed by atoms with Crippen LogP contribution in [-0.2, 0) is 24.9 Å². The van der Waals surface area contributed by atoms with E-state index in [4.69, 9.17) is 4.74 Å². The molecular formula is C20H24N4O3S. The minimum absolute atomic E-state index is 0.0932. The Kier molecular flexibility index (Phi) is 5.21. The van der Waals surface area contributed by atoms with E-state index < -0.39 is 0 Å². The number of carbonyl (C=O) groups excluding carboxylic acids is 2. The standard InChI is InChI=1S/C20H24N4O3S/c1-21-19-22(2)16-12-24(18(25)17(16)28-19)15-8-10-23(11-9-15)20(26)27-13-14-6-4-3-5-7-14/h3-7,15H,8-13H2,1-2H3. The van der Waals surface area contributed by atoms with E-state index in [9.17, 15) is 9.59 Å². The lowest BCUT2D eigenvalue weighted by Gasteiger charge is -2.36. The normalized spacial score (nSPS) is 17.9. The SMILES string of the molecule is CN=c1sc2c(n1C)CN(C1CCN(C(=O)OCc3ccccc3)CC1)C2=O. The van der Waals surface area contributed by atoms with E-state index in [1.807, 2.05) is 46.8 Å². The molecule has 0 atom stereocenters. The van der Waals surface area contributed by atoms with Gasteiger partial charge in [0.1, 0.15) is 11.5 Å². The Morgan fingerprint density at radius 1 is 1.25 bits per heavy atom. The second-order valence-electron chi connectivity index (χ2n) is 7.13. The van der Waals surface area contributed by atoms with E-state index in [0.717, 1.165) is 33.8 Å². The summed E-state index contributed by atoms with van der Waals surface area (Å²) in [6.07, 6.45) is 1.26. The summed E-state index contributed by atoms with van der Waals surface area (Å²) in [5, 5.41) is 0. The number of hydrogen-bond acceptors (Lipinski definition) is 5. The van der Waals surface area contributed by atoms with Crippen LogP contribution in [0.15, 0.2) is 35.3 Å². The lowest BCUT2D eigenvalue weighted by molar-refractivity contribution is 0.0536. The predicted molar refractivity (Wildman–Crippen MR) is 106 cm³/mol. The van der Waals surface area contributed by atoms with Gasteiger partial charge in [-0.3, -0.25) is 9.79 Å². The minimum atomic E-state index is -0.283. The van der Waals surface area contributed by atoms with Gasteiger partial charge >= 0.3 is 6.09 Å². The number of nitrogens with zero attached hydrogens (tertiary/aromatic N) is 4. The highest BCUT2D eigenvalue weighted by Crippen LogP contribution is 2.30. The third-order valence-corrected chi connectivity index (χ3v) is 6.74. The Morgan fingerprint density at radius 2 is 1.96 bits per heavy atom. The summed E-state index contributed by atoms with van der Waals surface area (Å²) in [4.78, 5) is 34.7. The smallest absolute Gasteiger partial charge is 0.410 e. The zero-order chi connectivity index (χ0) is 19.7. The molecule has 0 saturated carbocycles. The number of hydrogen-bond donors (Lipinski definition) is 0. The van der Waals surface area contributed by atoms with E-state index in [2.05, 4.69) is 4.99 Å². The molecule has 7 nitrogen and oxygen atoms in total. The lowest BCUT2D eigenvalue weighted by atomic mass is 10.0. The Morgan fingerprint density at radius 3 is 2.61 bits per heavy atom. The maximum atomic E-state index is 12.8. The van der Waals surface area contributed by atoms with Crippen LogP contribution < -0.4 is 4.80 Å². The van der Waals surface area contributed by atoms with Crippen molar-refractivity contribution in [2.45, 2.75) is 32.0 Å². The molecule has 28 heavy (non-hydrogen) atoms. The molecule has 0 bridgehead atoms. The van der Waals surface area contributed by atoms with Gasteiger partial charge < -0.3 is 19.1 Å². The maximum Gasteiger partial charge on any atom is 0.410 e. The average molecular weight is 401 g/mol. The first-order chi connectivity index (χ1) is 13.6. The van der Waals surface area contributed by atoms with Crippen molar-refractivity contribution in [1.29, 1.82) is 0 Å². The van der Waals surface area contributed by atoms with Crippen molar-refractivity contribution < 1.29 is 14.3 Å². The van der Waals surface area contributed by atoms with E-state index in [1.54, 1.807) is 11.9 Å². The summed E-state index contributed by atoms with van der Waals surface area (Å²) in [6.45, 7) is 2.13. The molecule has 2 amide bonds. The van der Waals surface area contributed by atoms with Gasteiger partial charge in [0.25, 0.3) is 5.91 Å². The maximum absolute atomic E-state index is 12.8. The van der Waals surface area contributed by atoms with Crippen LogP contribution in [0.3, 0.4) is 0 Å². The zero-order valence-electron chi connectivity index (χ0n) is 16.1. The second kappa shape index (κ2) is 7.79. The number of thiazole rings is 1. The van der Waals surface area contributed by atoms with Crippen molar-refractivity contribution in [3.05, 3.63) is 51.3 Å². The topological polar surface area (TPSA) is 67.1 Å². The highest BCUT2D eigenvalue weighted by molar-refractivity contribution is 7.11. The van der Waals surface area contributed by atoms with Crippen LogP contribution in [0.25, 0.3) is 0 Å². The van der Waals surface area contributed by atoms with E-state index >= 15 is 0 Å². The quantitative estimate of drug-likeness (QED) is 0.794. The van der Waals surface area contributed by atoms with Crippen molar-refractivity contribution in [2.75, 3.05) is 20.1 Å². The molecule has 3 heterocycles. The molecule has 0 spiro atoms. The molecule has 0 aliphatic carbocycles. The number of benzene rings is 1. The Bertz CT molecular complexity index is 942. The molecule has 1 aromatic carbocycles. The molecule has 1 fully saturated rings. The summed E-state index contributed by atoms with van der Waals surface area (Å²) in [5.74, 6) is 0.0932. The number of aromatic nitrogens is 1. The number of carbonyl (C=O) groups is 2. The number of ether oxygens (including phenoxy) is 1. The van der Waals surface area contributed by atoms with Crippen LogP contribution in [0.2, 0.25) is 0 Å². The number of amides is 2. The van der Waals surface area contributed by atoms with Gasteiger partial charge in [-0.15, -0.1) is 0 Å². The molecule has 148 valence electrons. The van der Waals surface area contributed by atoms with Crippen LogP contribution in [0.1, 0.15) is 33.8 Å². The van der Waals surface area contributed by atoms with Crippen LogP contribution in [0, 0.1) is 0 Å². The zero-order valence-corrected chi connectivity index (χ0v) is 16.9. The minimum Gasteiger partial charge on any atom is -0.445 e. The third kappa shape index (κ3) is 3.44.